The zero-order valence-corrected chi connectivity index (χ0v) is 12.4. The molecule has 5 heteroatoms. The lowest BCUT2D eigenvalue weighted by molar-refractivity contribution is 0.282. The minimum atomic E-state index is 0.386. The number of hydrogen-bond acceptors (Lipinski definition) is 5. The number of aryl methyl sites for hydroxylation is 2. The van der Waals surface area contributed by atoms with Gasteiger partial charge in [0.15, 0.2) is 0 Å². The molecule has 5 nitrogen and oxygen atoms in total. The Morgan fingerprint density at radius 3 is 2.75 bits per heavy atom. The van der Waals surface area contributed by atoms with Gasteiger partial charge in [-0.2, -0.15) is 0 Å². The molecule has 108 valence electrons. The van der Waals surface area contributed by atoms with E-state index in [1.807, 2.05) is 32.0 Å². The van der Waals surface area contributed by atoms with Crippen molar-refractivity contribution in [1.82, 2.24) is 15.5 Å². The second kappa shape index (κ2) is 6.52. The van der Waals surface area contributed by atoms with E-state index in [0.717, 1.165) is 28.6 Å². The molecule has 1 N–H and O–H groups in total. The van der Waals surface area contributed by atoms with Crippen molar-refractivity contribution in [3.63, 3.8) is 0 Å². The van der Waals surface area contributed by atoms with Crippen molar-refractivity contribution in [3.8, 4) is 5.75 Å². The van der Waals surface area contributed by atoms with Crippen molar-refractivity contribution in [2.75, 3.05) is 0 Å². The van der Waals surface area contributed by atoms with Crippen LogP contribution in [0, 0.1) is 13.8 Å². The van der Waals surface area contributed by atoms with Gasteiger partial charge in [-0.1, -0.05) is 19.0 Å². The monoisotopic (exact) mass is 275 g/mol. The summed E-state index contributed by atoms with van der Waals surface area (Å²) >= 11 is 0. The molecule has 0 fully saturated rings. The van der Waals surface area contributed by atoms with Crippen molar-refractivity contribution < 1.29 is 9.26 Å². The first-order chi connectivity index (χ1) is 9.54. The van der Waals surface area contributed by atoms with Crippen molar-refractivity contribution in [3.05, 3.63) is 41.0 Å². The van der Waals surface area contributed by atoms with Crippen LogP contribution >= 0.6 is 0 Å². The maximum atomic E-state index is 5.80. The fourth-order valence-corrected chi connectivity index (χ4v) is 1.79. The molecule has 0 bridgehead atoms. The molecule has 20 heavy (non-hydrogen) atoms. The third-order valence-electron chi connectivity index (χ3n) is 2.80. The quantitative estimate of drug-likeness (QED) is 0.878. The molecule has 0 saturated heterocycles. The Morgan fingerprint density at radius 2 is 2.10 bits per heavy atom. The van der Waals surface area contributed by atoms with Gasteiger partial charge in [-0.25, -0.2) is 0 Å². The second-order valence-electron chi connectivity index (χ2n) is 5.15. The Morgan fingerprint density at radius 1 is 1.30 bits per heavy atom. The molecule has 0 radical (unpaired) electrons. The lowest BCUT2D eigenvalue weighted by atomic mass is 10.2. The van der Waals surface area contributed by atoms with E-state index in [2.05, 4.69) is 29.3 Å². The second-order valence-corrected chi connectivity index (χ2v) is 5.15. The molecule has 0 aliphatic carbocycles. The maximum absolute atomic E-state index is 5.80. The van der Waals surface area contributed by atoms with E-state index in [4.69, 9.17) is 9.26 Å². The summed E-state index contributed by atoms with van der Waals surface area (Å²) in [5, 5.41) is 7.27. The highest BCUT2D eigenvalue weighted by Gasteiger charge is 2.08. The molecule has 0 aliphatic rings. The molecule has 0 aromatic carbocycles. The number of pyridine rings is 1. The fraction of sp³-hybridized carbons (Fsp3) is 0.467. The summed E-state index contributed by atoms with van der Waals surface area (Å²) in [4.78, 5) is 4.53. The van der Waals surface area contributed by atoms with Crippen LogP contribution in [-0.4, -0.2) is 16.2 Å². The number of rotatable bonds is 6. The normalized spacial score (nSPS) is 11.1. The van der Waals surface area contributed by atoms with Gasteiger partial charge in [0, 0.05) is 24.3 Å². The van der Waals surface area contributed by atoms with E-state index >= 15 is 0 Å². The van der Waals surface area contributed by atoms with Crippen LogP contribution in [0.4, 0.5) is 0 Å². The third kappa shape index (κ3) is 4.06. The Bertz CT molecular complexity index is 564. The highest BCUT2D eigenvalue weighted by molar-refractivity contribution is 5.29. The van der Waals surface area contributed by atoms with Crippen LogP contribution < -0.4 is 10.1 Å². The number of nitrogens with one attached hydrogen (secondary N) is 1. The Balaban J connectivity index is 2.05. The van der Waals surface area contributed by atoms with E-state index in [1.165, 1.54) is 0 Å². The predicted octanol–water partition coefficient (Wildman–Crippen LogP) is 2.76. The fourth-order valence-electron chi connectivity index (χ4n) is 1.79. The molecule has 2 heterocycles. The van der Waals surface area contributed by atoms with E-state index in [9.17, 15) is 0 Å². The van der Waals surface area contributed by atoms with Gasteiger partial charge in [0.2, 0.25) is 0 Å². The zero-order chi connectivity index (χ0) is 14.5. The van der Waals surface area contributed by atoms with Crippen LogP contribution in [0.3, 0.4) is 0 Å². The summed E-state index contributed by atoms with van der Waals surface area (Å²) in [5.41, 5.74) is 2.68. The van der Waals surface area contributed by atoms with E-state index in [1.54, 1.807) is 0 Å². The van der Waals surface area contributed by atoms with Crippen LogP contribution in [0.25, 0.3) is 0 Å². The standard InChI is InChI=1S/C15H21N3O2/c1-10(2)16-8-14-15(6-5-11(3)17-14)19-9-13-7-12(4)20-18-13/h5-7,10,16H,8-9H2,1-4H3. The molecular formula is C15H21N3O2. The summed E-state index contributed by atoms with van der Waals surface area (Å²) in [6.45, 7) is 9.12. The Hall–Kier alpha value is -1.88. The molecule has 2 aromatic heterocycles. The maximum Gasteiger partial charge on any atom is 0.142 e. The number of nitrogens with zero attached hydrogens (tertiary/aromatic N) is 2. The third-order valence-corrected chi connectivity index (χ3v) is 2.80. The summed E-state index contributed by atoms with van der Waals surface area (Å²) in [6, 6.07) is 6.17. The minimum Gasteiger partial charge on any atom is -0.485 e. The van der Waals surface area contributed by atoms with Crippen LogP contribution in [-0.2, 0) is 13.2 Å². The van der Waals surface area contributed by atoms with Gasteiger partial charge >= 0.3 is 0 Å². The van der Waals surface area contributed by atoms with Gasteiger partial charge in [-0.15, -0.1) is 0 Å². The van der Waals surface area contributed by atoms with E-state index in [-0.39, 0.29) is 0 Å². The molecule has 2 aromatic rings. The van der Waals surface area contributed by atoms with Gasteiger partial charge in [-0.3, -0.25) is 4.98 Å². The molecule has 0 amide bonds. The average molecular weight is 275 g/mol. The number of aromatic nitrogens is 2. The van der Waals surface area contributed by atoms with Gasteiger partial charge in [0.05, 0.1) is 5.69 Å². The Kier molecular flexibility index (Phi) is 4.74. The van der Waals surface area contributed by atoms with Crippen molar-refractivity contribution in [2.45, 2.75) is 46.9 Å². The predicted molar refractivity (Wildman–Crippen MR) is 76.5 cm³/mol. The van der Waals surface area contributed by atoms with Crippen LogP contribution in [0.2, 0.25) is 0 Å². The summed E-state index contributed by atoms with van der Waals surface area (Å²) in [6.07, 6.45) is 0. The van der Waals surface area contributed by atoms with Gasteiger partial charge in [-0.05, 0) is 26.0 Å². The summed E-state index contributed by atoms with van der Waals surface area (Å²) in [7, 11) is 0. The van der Waals surface area contributed by atoms with Crippen LogP contribution in [0.5, 0.6) is 5.75 Å². The number of hydrogen-bond donors (Lipinski definition) is 1. The van der Waals surface area contributed by atoms with Crippen LogP contribution in [0.15, 0.2) is 22.7 Å². The average Bonchev–Trinajstić information content (AvgIpc) is 2.81. The van der Waals surface area contributed by atoms with Gasteiger partial charge in [0.1, 0.15) is 23.8 Å². The molecule has 0 saturated carbocycles. The first-order valence-corrected chi connectivity index (χ1v) is 6.79. The zero-order valence-electron chi connectivity index (χ0n) is 12.4. The highest BCUT2D eigenvalue weighted by Crippen LogP contribution is 2.18. The smallest absolute Gasteiger partial charge is 0.142 e. The number of ether oxygens (including phenoxy) is 1. The summed E-state index contributed by atoms with van der Waals surface area (Å²) < 4.78 is 10.8. The van der Waals surface area contributed by atoms with E-state index < -0.39 is 0 Å². The minimum absolute atomic E-state index is 0.386. The Labute approximate surface area is 119 Å². The van der Waals surface area contributed by atoms with Crippen molar-refractivity contribution >= 4 is 0 Å². The molecule has 0 spiro atoms. The summed E-state index contributed by atoms with van der Waals surface area (Å²) in [5.74, 6) is 1.57. The molecule has 0 unspecified atom stereocenters. The van der Waals surface area contributed by atoms with Gasteiger partial charge in [0.25, 0.3) is 0 Å². The lowest BCUT2D eigenvalue weighted by Crippen LogP contribution is -2.23. The first kappa shape index (κ1) is 14.5. The highest BCUT2D eigenvalue weighted by atomic mass is 16.5. The molecule has 0 atom stereocenters. The molecule has 0 aliphatic heterocycles. The molecular weight excluding hydrogens is 254 g/mol. The lowest BCUT2D eigenvalue weighted by Gasteiger charge is -2.13. The van der Waals surface area contributed by atoms with Crippen molar-refractivity contribution in [1.29, 1.82) is 0 Å². The van der Waals surface area contributed by atoms with Gasteiger partial charge < -0.3 is 14.6 Å². The SMILES string of the molecule is Cc1ccc(OCc2cc(C)on2)c(CNC(C)C)n1. The van der Waals surface area contributed by atoms with Crippen molar-refractivity contribution in [2.24, 2.45) is 0 Å². The topological polar surface area (TPSA) is 60.2 Å². The van der Waals surface area contributed by atoms with Crippen LogP contribution in [0.1, 0.15) is 36.7 Å². The van der Waals surface area contributed by atoms with E-state index in [0.29, 0.717) is 19.2 Å². The first-order valence-electron chi connectivity index (χ1n) is 6.79. The molecule has 2 rings (SSSR count). The largest absolute Gasteiger partial charge is 0.485 e.